The van der Waals surface area contributed by atoms with Crippen molar-refractivity contribution in [3.63, 3.8) is 0 Å². The summed E-state index contributed by atoms with van der Waals surface area (Å²) in [6.45, 7) is 0. The highest BCUT2D eigenvalue weighted by Crippen LogP contribution is 2.20. The summed E-state index contributed by atoms with van der Waals surface area (Å²) in [6.07, 6.45) is 10.4. The summed E-state index contributed by atoms with van der Waals surface area (Å²) in [5, 5.41) is 24.9. The Kier molecular flexibility index (Phi) is 16.5. The highest BCUT2D eigenvalue weighted by atomic mass is 16.5. The lowest BCUT2D eigenvalue weighted by Crippen LogP contribution is -2.18. The molecule has 0 aliphatic rings. The van der Waals surface area contributed by atoms with Crippen molar-refractivity contribution < 1.29 is 29.6 Å². The molecule has 0 fully saturated rings. The Balaban J connectivity index is 1.66. The Bertz CT molecular complexity index is 1090. The number of hydroxylamine groups is 2. The van der Waals surface area contributed by atoms with Gasteiger partial charge in [0.1, 0.15) is 0 Å². The Morgan fingerprint density at radius 1 is 0.500 bits per heavy atom. The number of amides is 4. The lowest BCUT2D eigenvalue weighted by atomic mass is 10.0. The summed E-state index contributed by atoms with van der Waals surface area (Å²) < 4.78 is 0. The van der Waals surface area contributed by atoms with Gasteiger partial charge in [0.15, 0.2) is 0 Å². The zero-order valence-electron chi connectivity index (χ0n) is 23.7. The molecule has 12 nitrogen and oxygen atoms in total. The summed E-state index contributed by atoms with van der Waals surface area (Å²) in [5.74, 6) is -1.13. The van der Waals surface area contributed by atoms with Crippen LogP contribution in [0.5, 0.6) is 0 Å². The van der Waals surface area contributed by atoms with Crippen molar-refractivity contribution >= 4 is 36.1 Å². The van der Waals surface area contributed by atoms with E-state index >= 15 is 0 Å². The minimum Gasteiger partial charge on any atom is -0.289 e. The minimum atomic E-state index is -0.399. The standard InChI is InChI=1S/C30H40N6O6/c37-27(9-5-1-3-7-11-29(39)35-41)33-31-21-23-13-17-25(18-14-23)26-19-15-24(16-20-26)22-32-34-28(38)10-6-2-4-8-12-30(40)36-42/h13-22,41-42H,1-12H2,(H,33,37)(H,34,38)(H,35,39)(H,36,40)/b31-21+,32-22+. The molecule has 0 saturated carbocycles. The van der Waals surface area contributed by atoms with Crippen molar-refractivity contribution in [1.29, 1.82) is 0 Å². The van der Waals surface area contributed by atoms with Gasteiger partial charge >= 0.3 is 0 Å². The first-order chi connectivity index (χ1) is 20.4. The summed E-state index contributed by atoms with van der Waals surface area (Å²) in [4.78, 5) is 45.7. The summed E-state index contributed by atoms with van der Waals surface area (Å²) in [6, 6.07) is 15.5. The number of carbonyl (C=O) groups excluding carboxylic acids is 4. The van der Waals surface area contributed by atoms with Crippen LogP contribution in [0.2, 0.25) is 0 Å². The van der Waals surface area contributed by atoms with Crippen molar-refractivity contribution in [2.24, 2.45) is 10.2 Å². The molecule has 0 bridgehead atoms. The molecule has 4 amide bonds. The molecule has 0 radical (unpaired) electrons. The molecule has 0 atom stereocenters. The van der Waals surface area contributed by atoms with E-state index in [1.165, 1.54) is 0 Å². The summed E-state index contributed by atoms with van der Waals surface area (Å²) >= 11 is 0. The predicted molar refractivity (Wildman–Crippen MR) is 159 cm³/mol. The van der Waals surface area contributed by atoms with E-state index in [1.54, 1.807) is 23.4 Å². The van der Waals surface area contributed by atoms with Crippen molar-refractivity contribution in [3.05, 3.63) is 59.7 Å². The third-order valence-electron chi connectivity index (χ3n) is 6.33. The van der Waals surface area contributed by atoms with Crippen molar-refractivity contribution in [2.45, 2.75) is 77.0 Å². The maximum atomic E-state index is 11.9. The molecule has 2 rings (SSSR count). The van der Waals surface area contributed by atoms with E-state index in [1.807, 2.05) is 48.5 Å². The van der Waals surface area contributed by atoms with Gasteiger partial charge in [-0.25, -0.2) is 21.8 Å². The quantitative estimate of drug-likeness (QED) is 0.0633. The van der Waals surface area contributed by atoms with Crippen LogP contribution >= 0.6 is 0 Å². The fraction of sp³-hybridized carbons (Fsp3) is 0.400. The zero-order chi connectivity index (χ0) is 30.4. The van der Waals surface area contributed by atoms with E-state index in [0.29, 0.717) is 38.5 Å². The molecule has 2 aromatic carbocycles. The van der Waals surface area contributed by atoms with Crippen molar-refractivity contribution in [2.75, 3.05) is 0 Å². The number of hydrogen-bond acceptors (Lipinski definition) is 8. The monoisotopic (exact) mass is 580 g/mol. The predicted octanol–water partition coefficient (Wildman–Crippen LogP) is 3.95. The third kappa shape index (κ3) is 14.8. The molecule has 0 heterocycles. The number of nitrogens with zero attached hydrogens (tertiary/aromatic N) is 2. The molecule has 0 unspecified atom stereocenters. The SMILES string of the molecule is O=C(CCCCCCC(=O)N/N=C/c1ccc(-c2ccc(/C=N/NC(=O)CCCCCCC(=O)NO)cc2)cc1)NO. The molecule has 12 heteroatoms. The van der Waals surface area contributed by atoms with E-state index in [2.05, 4.69) is 21.1 Å². The van der Waals surface area contributed by atoms with Crippen LogP contribution < -0.4 is 21.8 Å². The van der Waals surface area contributed by atoms with Gasteiger partial charge in [-0.05, 0) is 47.9 Å². The minimum absolute atomic E-state index is 0.168. The number of hydrazone groups is 2. The van der Waals surface area contributed by atoms with Crippen molar-refractivity contribution in [3.8, 4) is 11.1 Å². The van der Waals surface area contributed by atoms with Crippen LogP contribution in [-0.4, -0.2) is 46.5 Å². The molecule has 0 aromatic heterocycles. The van der Waals surface area contributed by atoms with E-state index < -0.39 is 11.8 Å². The topological polar surface area (TPSA) is 182 Å². The Hall–Kier alpha value is -4.42. The van der Waals surface area contributed by atoms with Crippen molar-refractivity contribution in [1.82, 2.24) is 21.8 Å². The second-order valence-corrected chi connectivity index (χ2v) is 9.73. The maximum Gasteiger partial charge on any atom is 0.243 e. The average molecular weight is 581 g/mol. The van der Waals surface area contributed by atoms with Crippen LogP contribution in [0.3, 0.4) is 0 Å². The second-order valence-electron chi connectivity index (χ2n) is 9.73. The van der Waals surface area contributed by atoms with Crippen LogP contribution in [0.15, 0.2) is 58.7 Å². The fourth-order valence-electron chi connectivity index (χ4n) is 3.95. The fourth-order valence-corrected chi connectivity index (χ4v) is 3.95. The molecular weight excluding hydrogens is 540 g/mol. The number of rotatable bonds is 19. The lowest BCUT2D eigenvalue weighted by Gasteiger charge is -2.04. The number of nitrogens with one attached hydrogen (secondary N) is 4. The number of benzene rings is 2. The Morgan fingerprint density at radius 3 is 1.12 bits per heavy atom. The van der Waals surface area contributed by atoms with Gasteiger partial charge < -0.3 is 0 Å². The Labute approximate surface area is 245 Å². The molecule has 0 saturated heterocycles. The molecule has 226 valence electrons. The van der Waals surface area contributed by atoms with Crippen LogP contribution in [-0.2, 0) is 19.2 Å². The van der Waals surface area contributed by atoms with Crippen LogP contribution in [0.25, 0.3) is 11.1 Å². The summed E-state index contributed by atoms with van der Waals surface area (Å²) in [5.41, 5.74) is 12.0. The highest BCUT2D eigenvalue weighted by molar-refractivity contribution is 5.85. The van der Waals surface area contributed by atoms with Gasteiger partial charge in [-0.1, -0.05) is 74.2 Å². The Morgan fingerprint density at radius 2 is 0.810 bits per heavy atom. The normalized spacial score (nSPS) is 11.0. The number of hydrogen-bond donors (Lipinski definition) is 6. The number of carbonyl (C=O) groups is 4. The molecule has 0 spiro atoms. The summed E-state index contributed by atoms with van der Waals surface area (Å²) in [7, 11) is 0. The first-order valence-corrected chi connectivity index (χ1v) is 14.1. The largest absolute Gasteiger partial charge is 0.289 e. The number of unbranched alkanes of at least 4 members (excludes halogenated alkanes) is 6. The van der Waals surface area contributed by atoms with E-state index in [4.69, 9.17) is 10.4 Å². The highest BCUT2D eigenvalue weighted by Gasteiger charge is 2.03. The molecule has 0 aliphatic carbocycles. The van der Waals surface area contributed by atoms with Gasteiger partial charge in [0.25, 0.3) is 0 Å². The van der Waals surface area contributed by atoms with E-state index in [-0.39, 0.29) is 24.7 Å². The smallest absolute Gasteiger partial charge is 0.243 e. The zero-order valence-corrected chi connectivity index (χ0v) is 23.7. The second kappa shape index (κ2) is 20.5. The van der Waals surface area contributed by atoms with Crippen LogP contribution in [0.1, 0.15) is 88.2 Å². The van der Waals surface area contributed by atoms with Crippen LogP contribution in [0, 0.1) is 0 Å². The van der Waals surface area contributed by atoms with Crippen LogP contribution in [0.4, 0.5) is 0 Å². The van der Waals surface area contributed by atoms with Gasteiger partial charge in [0.2, 0.25) is 23.6 Å². The van der Waals surface area contributed by atoms with Gasteiger partial charge in [0.05, 0.1) is 12.4 Å². The van der Waals surface area contributed by atoms with Gasteiger partial charge in [0, 0.05) is 25.7 Å². The average Bonchev–Trinajstić information content (AvgIpc) is 3.01. The van der Waals surface area contributed by atoms with E-state index in [9.17, 15) is 19.2 Å². The molecule has 2 aromatic rings. The van der Waals surface area contributed by atoms with Gasteiger partial charge in [-0.3, -0.25) is 29.6 Å². The first-order valence-electron chi connectivity index (χ1n) is 14.1. The van der Waals surface area contributed by atoms with Gasteiger partial charge in [-0.15, -0.1) is 0 Å². The molecule has 42 heavy (non-hydrogen) atoms. The van der Waals surface area contributed by atoms with Gasteiger partial charge in [-0.2, -0.15) is 10.2 Å². The molecular formula is C30H40N6O6. The lowest BCUT2D eigenvalue weighted by molar-refractivity contribution is -0.130. The maximum absolute atomic E-state index is 11.9. The molecule has 6 N–H and O–H groups in total. The van der Waals surface area contributed by atoms with E-state index in [0.717, 1.165) is 47.9 Å². The third-order valence-corrected chi connectivity index (χ3v) is 6.33. The first kappa shape index (κ1) is 33.8. The molecule has 0 aliphatic heterocycles.